The second-order valence-electron chi connectivity index (χ2n) is 5.55. The molecule has 24 heavy (non-hydrogen) atoms. The fourth-order valence-electron chi connectivity index (χ4n) is 2.26. The van der Waals surface area contributed by atoms with Crippen LogP contribution in [0.5, 0.6) is 5.75 Å². The zero-order valence-electron chi connectivity index (χ0n) is 13.6. The van der Waals surface area contributed by atoms with Gasteiger partial charge in [-0.05, 0) is 50.0 Å². The van der Waals surface area contributed by atoms with Gasteiger partial charge in [0.15, 0.2) is 6.61 Å². The van der Waals surface area contributed by atoms with E-state index in [1.165, 1.54) is 0 Å². The minimum atomic E-state index is -0.191. The number of nitrogens with one attached hydrogen (secondary N) is 1. The number of halogens is 2. The van der Waals surface area contributed by atoms with Crippen LogP contribution in [-0.4, -0.2) is 38.1 Å². The Labute approximate surface area is 152 Å². The minimum Gasteiger partial charge on any atom is -0.484 e. The number of benzene rings is 2. The van der Waals surface area contributed by atoms with Crippen molar-refractivity contribution < 1.29 is 9.53 Å². The van der Waals surface area contributed by atoms with E-state index in [9.17, 15) is 4.79 Å². The Bertz CT molecular complexity index is 675. The van der Waals surface area contributed by atoms with Gasteiger partial charge in [-0.1, -0.05) is 41.4 Å². The van der Waals surface area contributed by atoms with Crippen molar-refractivity contribution in [3.63, 3.8) is 0 Å². The van der Waals surface area contributed by atoms with Crippen molar-refractivity contribution in [3.05, 3.63) is 64.1 Å². The quantitative estimate of drug-likeness (QED) is 0.810. The lowest BCUT2D eigenvalue weighted by Gasteiger charge is -2.26. The number of rotatable bonds is 7. The van der Waals surface area contributed by atoms with Crippen LogP contribution in [0.3, 0.4) is 0 Å². The van der Waals surface area contributed by atoms with Gasteiger partial charge in [0.1, 0.15) is 5.75 Å². The van der Waals surface area contributed by atoms with Crippen LogP contribution in [0, 0.1) is 0 Å². The maximum absolute atomic E-state index is 12.0. The van der Waals surface area contributed by atoms with E-state index in [2.05, 4.69) is 5.32 Å². The summed E-state index contributed by atoms with van der Waals surface area (Å²) in [7, 11) is 3.90. The van der Waals surface area contributed by atoms with Gasteiger partial charge in [0, 0.05) is 16.6 Å². The Morgan fingerprint density at radius 2 is 1.79 bits per heavy atom. The molecule has 0 heterocycles. The number of ether oxygens (including phenoxy) is 1. The number of carbonyl (C=O) groups is 1. The van der Waals surface area contributed by atoms with Crippen molar-refractivity contribution in [3.8, 4) is 5.75 Å². The largest absolute Gasteiger partial charge is 0.484 e. The molecule has 0 aromatic heterocycles. The number of amides is 1. The second-order valence-corrected chi connectivity index (χ2v) is 6.39. The number of nitrogens with zero attached hydrogens (tertiary/aromatic N) is 1. The molecule has 4 nitrogen and oxygen atoms in total. The van der Waals surface area contributed by atoms with Gasteiger partial charge in [-0.25, -0.2) is 0 Å². The van der Waals surface area contributed by atoms with E-state index in [1.54, 1.807) is 24.3 Å². The minimum absolute atomic E-state index is 0.0156. The van der Waals surface area contributed by atoms with Crippen LogP contribution in [0.4, 0.5) is 0 Å². The first-order valence-corrected chi connectivity index (χ1v) is 8.29. The monoisotopic (exact) mass is 366 g/mol. The summed E-state index contributed by atoms with van der Waals surface area (Å²) < 4.78 is 5.43. The summed E-state index contributed by atoms with van der Waals surface area (Å²) in [6.07, 6.45) is 0. The Kier molecular flexibility index (Phi) is 6.91. The molecule has 0 saturated carbocycles. The Morgan fingerprint density at radius 1 is 1.12 bits per heavy atom. The molecule has 2 aromatic carbocycles. The summed E-state index contributed by atoms with van der Waals surface area (Å²) in [5.74, 6) is 0.411. The van der Waals surface area contributed by atoms with E-state index in [0.29, 0.717) is 22.3 Å². The maximum atomic E-state index is 12.0. The average Bonchev–Trinajstić information content (AvgIpc) is 2.56. The molecule has 0 aliphatic heterocycles. The number of hydrogen-bond acceptors (Lipinski definition) is 3. The van der Waals surface area contributed by atoms with Crippen LogP contribution in [0.2, 0.25) is 10.0 Å². The van der Waals surface area contributed by atoms with Crippen molar-refractivity contribution in [1.82, 2.24) is 10.2 Å². The van der Waals surface area contributed by atoms with Gasteiger partial charge < -0.3 is 15.0 Å². The first kappa shape index (κ1) is 18.6. The SMILES string of the molecule is CN(C)C(CNC(=O)COc1ccc(Cl)cc1)c1ccccc1Cl. The maximum Gasteiger partial charge on any atom is 0.258 e. The Balaban J connectivity index is 1.88. The van der Waals surface area contributed by atoms with Crippen LogP contribution in [0.25, 0.3) is 0 Å². The smallest absolute Gasteiger partial charge is 0.258 e. The third-order valence-electron chi connectivity index (χ3n) is 3.56. The van der Waals surface area contributed by atoms with Crippen LogP contribution in [0.15, 0.2) is 48.5 Å². The summed E-state index contributed by atoms with van der Waals surface area (Å²) in [5.41, 5.74) is 0.975. The zero-order chi connectivity index (χ0) is 17.5. The standard InChI is InChI=1S/C18H20Cl2N2O2/c1-22(2)17(15-5-3-4-6-16(15)20)11-21-18(23)12-24-14-9-7-13(19)8-10-14/h3-10,17H,11-12H2,1-2H3,(H,21,23). The lowest BCUT2D eigenvalue weighted by atomic mass is 10.1. The predicted molar refractivity (Wildman–Crippen MR) is 97.8 cm³/mol. The molecule has 6 heteroatoms. The van der Waals surface area contributed by atoms with Crippen LogP contribution in [-0.2, 0) is 4.79 Å². The third kappa shape index (κ3) is 5.41. The molecule has 0 aliphatic carbocycles. The van der Waals surface area contributed by atoms with Gasteiger partial charge in [0.25, 0.3) is 5.91 Å². The van der Waals surface area contributed by atoms with E-state index in [0.717, 1.165) is 5.56 Å². The van der Waals surface area contributed by atoms with Crippen LogP contribution >= 0.6 is 23.2 Å². The van der Waals surface area contributed by atoms with E-state index >= 15 is 0 Å². The van der Waals surface area contributed by atoms with Crippen molar-refractivity contribution in [1.29, 1.82) is 0 Å². The molecule has 2 aromatic rings. The highest BCUT2D eigenvalue weighted by atomic mass is 35.5. The van der Waals surface area contributed by atoms with Crippen molar-refractivity contribution in [2.45, 2.75) is 6.04 Å². The van der Waals surface area contributed by atoms with Gasteiger partial charge in [-0.3, -0.25) is 4.79 Å². The molecule has 1 unspecified atom stereocenters. The summed E-state index contributed by atoms with van der Waals surface area (Å²) in [6, 6.07) is 14.5. The van der Waals surface area contributed by atoms with E-state index in [4.69, 9.17) is 27.9 Å². The summed E-state index contributed by atoms with van der Waals surface area (Å²) in [4.78, 5) is 14.0. The molecule has 128 valence electrons. The van der Waals surface area contributed by atoms with Gasteiger partial charge in [0.05, 0.1) is 6.04 Å². The molecule has 2 rings (SSSR count). The molecular weight excluding hydrogens is 347 g/mol. The molecule has 1 atom stereocenters. The molecule has 0 fully saturated rings. The highest BCUT2D eigenvalue weighted by Gasteiger charge is 2.17. The number of likely N-dealkylation sites (N-methyl/N-ethyl adjacent to an activating group) is 1. The summed E-state index contributed by atoms with van der Waals surface area (Å²) >= 11 is 12.1. The fraction of sp³-hybridized carbons (Fsp3) is 0.278. The topological polar surface area (TPSA) is 41.6 Å². The first-order valence-electron chi connectivity index (χ1n) is 7.53. The van der Waals surface area contributed by atoms with Gasteiger partial charge in [0.2, 0.25) is 0 Å². The van der Waals surface area contributed by atoms with Crippen LogP contribution < -0.4 is 10.1 Å². The normalized spacial score (nSPS) is 12.0. The Hall–Kier alpha value is -1.75. The highest BCUT2D eigenvalue weighted by Crippen LogP contribution is 2.25. The molecular formula is C18H20Cl2N2O2. The highest BCUT2D eigenvalue weighted by molar-refractivity contribution is 6.31. The number of hydrogen-bond donors (Lipinski definition) is 1. The second kappa shape index (κ2) is 8.92. The van der Waals surface area contributed by atoms with Crippen LogP contribution in [0.1, 0.15) is 11.6 Å². The van der Waals surface area contributed by atoms with E-state index in [1.807, 2.05) is 43.3 Å². The van der Waals surface area contributed by atoms with Gasteiger partial charge in [-0.2, -0.15) is 0 Å². The molecule has 1 N–H and O–H groups in total. The molecule has 0 aliphatic rings. The lowest BCUT2D eigenvalue weighted by molar-refractivity contribution is -0.123. The molecule has 0 radical (unpaired) electrons. The molecule has 0 bridgehead atoms. The molecule has 0 spiro atoms. The molecule has 1 amide bonds. The summed E-state index contributed by atoms with van der Waals surface area (Å²) in [6.45, 7) is 0.393. The summed E-state index contributed by atoms with van der Waals surface area (Å²) in [5, 5.41) is 4.19. The van der Waals surface area contributed by atoms with Crippen molar-refractivity contribution in [2.75, 3.05) is 27.2 Å². The fourth-order valence-corrected chi connectivity index (χ4v) is 2.64. The van der Waals surface area contributed by atoms with Crippen molar-refractivity contribution in [2.24, 2.45) is 0 Å². The van der Waals surface area contributed by atoms with Gasteiger partial charge in [-0.15, -0.1) is 0 Å². The first-order chi connectivity index (χ1) is 11.5. The average molecular weight is 367 g/mol. The predicted octanol–water partition coefficient (Wildman–Crippen LogP) is 3.79. The van der Waals surface area contributed by atoms with E-state index in [-0.39, 0.29) is 18.6 Å². The number of carbonyl (C=O) groups excluding carboxylic acids is 1. The Morgan fingerprint density at radius 3 is 2.42 bits per heavy atom. The van der Waals surface area contributed by atoms with Crippen molar-refractivity contribution >= 4 is 29.1 Å². The van der Waals surface area contributed by atoms with Gasteiger partial charge >= 0.3 is 0 Å². The van der Waals surface area contributed by atoms with E-state index < -0.39 is 0 Å². The zero-order valence-corrected chi connectivity index (χ0v) is 15.1. The molecule has 0 saturated heterocycles. The third-order valence-corrected chi connectivity index (χ3v) is 4.16. The lowest BCUT2D eigenvalue weighted by Crippen LogP contribution is -2.37.